The number of aromatic nitrogens is 2. The molecule has 2 aromatic carbocycles. The number of hydrogen-bond acceptors (Lipinski definition) is 6. The lowest BCUT2D eigenvalue weighted by atomic mass is 10.0. The van der Waals surface area contributed by atoms with E-state index < -0.39 is 21.3 Å². The van der Waals surface area contributed by atoms with Gasteiger partial charge in [-0.25, -0.2) is 13.2 Å². The fourth-order valence-corrected chi connectivity index (χ4v) is 6.66. The van der Waals surface area contributed by atoms with Crippen molar-refractivity contribution in [3.8, 4) is 11.5 Å². The second-order valence-corrected chi connectivity index (χ2v) is 12.5. The molecular formula is C29H39N3O6S. The monoisotopic (exact) mass is 557 g/mol. The lowest BCUT2D eigenvalue weighted by Gasteiger charge is -2.24. The minimum absolute atomic E-state index is 0.00911. The first-order valence-corrected chi connectivity index (χ1v) is 15.1. The Hall–Kier alpha value is -3.27. The topological polar surface area (TPSA) is 109 Å². The highest BCUT2D eigenvalue weighted by molar-refractivity contribution is 7.90. The van der Waals surface area contributed by atoms with Crippen LogP contribution in [-0.2, 0) is 10.0 Å². The lowest BCUT2D eigenvalue weighted by molar-refractivity contribution is 0.0910. The molecule has 39 heavy (non-hydrogen) atoms. The van der Waals surface area contributed by atoms with Crippen molar-refractivity contribution in [3.05, 3.63) is 52.4 Å². The van der Waals surface area contributed by atoms with Gasteiger partial charge in [0.1, 0.15) is 16.4 Å². The summed E-state index contributed by atoms with van der Waals surface area (Å²) in [6.07, 6.45) is 6.49. The van der Waals surface area contributed by atoms with E-state index in [4.69, 9.17) is 9.47 Å². The average Bonchev–Trinajstić information content (AvgIpc) is 3.03. The zero-order valence-electron chi connectivity index (χ0n) is 23.5. The predicted octanol–water partition coefficient (Wildman–Crippen LogP) is 5.26. The number of imidazole rings is 1. The third-order valence-corrected chi connectivity index (χ3v) is 9.31. The van der Waals surface area contributed by atoms with E-state index in [1.165, 1.54) is 25.3 Å². The molecule has 1 aliphatic carbocycles. The number of hydrogen-bond donors (Lipinski definition) is 1. The number of methoxy groups -OCH3 is 1. The third kappa shape index (κ3) is 5.71. The van der Waals surface area contributed by atoms with Crippen molar-refractivity contribution in [1.82, 2.24) is 13.9 Å². The molecule has 4 rings (SSSR count). The number of fused-ring (bicyclic) bond motifs is 1. The lowest BCUT2D eigenvalue weighted by Crippen LogP contribution is -2.42. The quantitative estimate of drug-likeness (QED) is 0.360. The molecule has 1 aliphatic rings. The number of nitrogens with zero attached hydrogens (tertiary/aromatic N) is 2. The minimum atomic E-state index is -4.39. The van der Waals surface area contributed by atoms with E-state index in [0.717, 1.165) is 48.9 Å². The van der Waals surface area contributed by atoms with Gasteiger partial charge in [-0.05, 0) is 70.4 Å². The second kappa shape index (κ2) is 11.5. The van der Waals surface area contributed by atoms with E-state index in [2.05, 4.69) is 5.32 Å². The molecule has 0 atom stereocenters. The second-order valence-electron chi connectivity index (χ2n) is 10.7. The van der Waals surface area contributed by atoms with Gasteiger partial charge in [0.25, 0.3) is 15.9 Å². The fourth-order valence-electron chi connectivity index (χ4n) is 5.12. The number of rotatable bonds is 9. The van der Waals surface area contributed by atoms with Crippen molar-refractivity contribution in [3.63, 3.8) is 0 Å². The van der Waals surface area contributed by atoms with Gasteiger partial charge >= 0.3 is 5.69 Å². The smallest absolute Gasteiger partial charge is 0.343 e. The van der Waals surface area contributed by atoms with Gasteiger partial charge in [-0.1, -0.05) is 32.6 Å². The summed E-state index contributed by atoms with van der Waals surface area (Å²) in [6, 6.07) is 9.11. The molecular weight excluding hydrogens is 518 g/mol. The molecule has 212 valence electrons. The number of carbonyl (C=O) groups excluding carboxylic acids is 1. The zero-order chi connectivity index (χ0) is 28.4. The van der Waals surface area contributed by atoms with Crippen molar-refractivity contribution in [1.29, 1.82) is 0 Å². The van der Waals surface area contributed by atoms with E-state index in [1.54, 1.807) is 22.8 Å². The van der Waals surface area contributed by atoms with Crippen LogP contribution in [0.5, 0.6) is 11.5 Å². The summed E-state index contributed by atoms with van der Waals surface area (Å²) < 4.78 is 41.8. The molecule has 0 spiro atoms. The molecule has 1 saturated carbocycles. The summed E-state index contributed by atoms with van der Waals surface area (Å²) in [7, 11) is -3.04. The van der Waals surface area contributed by atoms with Crippen LogP contribution in [0.25, 0.3) is 11.0 Å². The molecule has 1 heterocycles. The SMILES string of the molecule is CCOc1ccc2c(c1)n(C1CCCCCC1)c(=O)n2S(=O)(=O)c1ccc(C(=O)NC(C)(C)CC)cc1OC. The maximum atomic E-state index is 14.1. The fraction of sp³-hybridized carbons (Fsp3) is 0.517. The van der Waals surface area contributed by atoms with E-state index in [-0.39, 0.29) is 33.7 Å². The molecule has 0 aliphatic heterocycles. The number of ether oxygens (including phenoxy) is 2. The third-order valence-electron chi connectivity index (χ3n) is 7.59. The van der Waals surface area contributed by atoms with Crippen molar-refractivity contribution >= 4 is 27.0 Å². The summed E-state index contributed by atoms with van der Waals surface area (Å²) >= 11 is 0. The highest BCUT2D eigenvalue weighted by Crippen LogP contribution is 2.33. The first-order valence-electron chi connectivity index (χ1n) is 13.7. The van der Waals surface area contributed by atoms with Gasteiger partial charge in [-0.2, -0.15) is 3.97 Å². The van der Waals surface area contributed by atoms with Gasteiger partial charge in [0.2, 0.25) is 0 Å². The molecule has 1 fully saturated rings. The summed E-state index contributed by atoms with van der Waals surface area (Å²) in [5.74, 6) is 0.227. The van der Waals surface area contributed by atoms with Crippen molar-refractivity contribution in [2.24, 2.45) is 0 Å². The van der Waals surface area contributed by atoms with E-state index in [0.29, 0.717) is 17.9 Å². The van der Waals surface area contributed by atoms with Crippen molar-refractivity contribution in [2.45, 2.75) is 89.1 Å². The van der Waals surface area contributed by atoms with Gasteiger partial charge in [0, 0.05) is 23.2 Å². The van der Waals surface area contributed by atoms with Gasteiger partial charge in [-0.3, -0.25) is 9.36 Å². The Bertz CT molecular complexity index is 1510. The summed E-state index contributed by atoms with van der Waals surface area (Å²) in [5, 5.41) is 2.94. The highest BCUT2D eigenvalue weighted by Gasteiger charge is 2.31. The zero-order valence-corrected chi connectivity index (χ0v) is 24.3. The first kappa shape index (κ1) is 28.7. The molecule has 9 nitrogen and oxygen atoms in total. The van der Waals surface area contributed by atoms with Gasteiger partial charge in [0.05, 0.1) is 24.8 Å². The summed E-state index contributed by atoms with van der Waals surface area (Å²) in [6.45, 7) is 8.11. The highest BCUT2D eigenvalue weighted by atomic mass is 32.2. The summed E-state index contributed by atoms with van der Waals surface area (Å²) in [4.78, 5) is 26.6. The van der Waals surface area contributed by atoms with E-state index >= 15 is 0 Å². The van der Waals surface area contributed by atoms with Crippen LogP contribution in [0.2, 0.25) is 0 Å². The molecule has 1 N–H and O–H groups in total. The van der Waals surface area contributed by atoms with Crippen molar-refractivity contribution in [2.75, 3.05) is 13.7 Å². The first-order chi connectivity index (χ1) is 18.5. The Kier molecular flexibility index (Phi) is 8.44. The van der Waals surface area contributed by atoms with Crippen LogP contribution in [0.15, 0.2) is 46.1 Å². The van der Waals surface area contributed by atoms with E-state index in [9.17, 15) is 18.0 Å². The van der Waals surface area contributed by atoms with Gasteiger partial charge in [0.15, 0.2) is 0 Å². The van der Waals surface area contributed by atoms with Crippen LogP contribution >= 0.6 is 0 Å². The van der Waals surface area contributed by atoms with Crippen LogP contribution < -0.4 is 20.5 Å². The maximum Gasteiger partial charge on any atom is 0.343 e. The predicted molar refractivity (Wildman–Crippen MR) is 152 cm³/mol. The van der Waals surface area contributed by atoms with Crippen molar-refractivity contribution < 1.29 is 22.7 Å². The Morgan fingerprint density at radius 2 is 1.72 bits per heavy atom. The summed E-state index contributed by atoms with van der Waals surface area (Å²) in [5.41, 5.74) is 0.0308. The molecule has 1 amide bonds. The number of benzene rings is 2. The number of amides is 1. The number of nitrogens with one attached hydrogen (secondary N) is 1. The molecule has 0 saturated heterocycles. The van der Waals surface area contributed by atoms with Gasteiger partial charge < -0.3 is 14.8 Å². The Morgan fingerprint density at radius 3 is 2.33 bits per heavy atom. The van der Waals surface area contributed by atoms with Crippen LogP contribution in [-0.4, -0.2) is 42.1 Å². The number of carbonyl (C=O) groups is 1. The van der Waals surface area contributed by atoms with Crippen LogP contribution in [0.3, 0.4) is 0 Å². The Balaban J connectivity index is 1.87. The molecule has 10 heteroatoms. The van der Waals surface area contributed by atoms with Crippen LogP contribution in [0, 0.1) is 0 Å². The molecule has 1 aromatic heterocycles. The Morgan fingerprint density at radius 1 is 1.03 bits per heavy atom. The van der Waals surface area contributed by atoms with E-state index in [1.807, 2.05) is 27.7 Å². The standard InChI is InChI=1S/C29H39N3O6S/c1-6-29(3,4)30-27(33)20-14-17-26(25(18-20)37-5)39(35,36)32-23-16-15-22(38-7-2)19-24(23)31(28(32)34)21-12-10-8-9-11-13-21/h14-19,21H,6-13H2,1-5H3,(H,30,33). The molecule has 0 radical (unpaired) electrons. The normalized spacial score (nSPS) is 15.2. The minimum Gasteiger partial charge on any atom is -0.495 e. The Labute approximate surface area is 230 Å². The maximum absolute atomic E-state index is 14.1. The molecule has 3 aromatic rings. The molecule has 0 unspecified atom stereocenters. The van der Waals surface area contributed by atoms with Gasteiger partial charge in [-0.15, -0.1) is 0 Å². The van der Waals surface area contributed by atoms with Crippen LogP contribution in [0.1, 0.15) is 89.0 Å². The largest absolute Gasteiger partial charge is 0.495 e. The molecule has 0 bridgehead atoms. The van der Waals surface area contributed by atoms with Crippen LogP contribution in [0.4, 0.5) is 0 Å². The average molecular weight is 558 g/mol.